The van der Waals surface area contributed by atoms with E-state index in [0.717, 1.165) is 55.7 Å². The minimum absolute atomic E-state index is 0.00785. The van der Waals surface area contributed by atoms with Gasteiger partial charge in [0.2, 0.25) is 0 Å². The van der Waals surface area contributed by atoms with Crippen LogP contribution in [0.25, 0.3) is 0 Å². The molecular weight excluding hydrogens is 342 g/mol. The van der Waals surface area contributed by atoms with Crippen LogP contribution in [0.4, 0.5) is 4.79 Å². The third-order valence-electron chi connectivity index (χ3n) is 6.19. The zero-order valence-corrected chi connectivity index (χ0v) is 16.3. The molecule has 1 atom stereocenters. The molecule has 2 amide bonds. The Hall–Kier alpha value is -1.95. The largest absolute Gasteiger partial charge is 0.497 e. The molecule has 0 bridgehead atoms. The molecule has 1 saturated heterocycles. The second-order valence-electron chi connectivity index (χ2n) is 7.95. The summed E-state index contributed by atoms with van der Waals surface area (Å²) in [6.07, 6.45) is 7.54. The maximum atomic E-state index is 12.7. The van der Waals surface area contributed by atoms with E-state index in [1.54, 1.807) is 7.11 Å². The number of piperazine rings is 1. The lowest BCUT2D eigenvalue weighted by atomic mass is 9.94. The minimum atomic E-state index is 0.00785. The van der Waals surface area contributed by atoms with Crippen molar-refractivity contribution in [3.8, 4) is 11.5 Å². The topological polar surface area (TPSA) is 54.0 Å². The van der Waals surface area contributed by atoms with Gasteiger partial charge >= 0.3 is 6.03 Å². The predicted molar refractivity (Wildman–Crippen MR) is 105 cm³/mol. The first-order valence-corrected chi connectivity index (χ1v) is 10.3. The van der Waals surface area contributed by atoms with E-state index in [-0.39, 0.29) is 12.1 Å². The van der Waals surface area contributed by atoms with Crippen molar-refractivity contribution in [2.24, 2.45) is 0 Å². The summed E-state index contributed by atoms with van der Waals surface area (Å²) in [6.45, 7) is 4.16. The molecule has 1 unspecified atom stereocenters. The van der Waals surface area contributed by atoms with Gasteiger partial charge < -0.3 is 19.7 Å². The van der Waals surface area contributed by atoms with Crippen LogP contribution in [0.5, 0.6) is 11.5 Å². The van der Waals surface area contributed by atoms with Gasteiger partial charge in [0.25, 0.3) is 0 Å². The zero-order valence-electron chi connectivity index (χ0n) is 16.3. The number of carbonyl (C=O) groups excluding carboxylic acids is 1. The molecular formula is C21H31N3O3. The average Bonchev–Trinajstić information content (AvgIpc) is 2.74. The maximum absolute atomic E-state index is 12.7. The summed E-state index contributed by atoms with van der Waals surface area (Å²) in [5.41, 5.74) is 1.09. The molecule has 2 heterocycles. The summed E-state index contributed by atoms with van der Waals surface area (Å²) >= 11 is 0. The predicted octanol–water partition coefficient (Wildman–Crippen LogP) is 2.66. The monoisotopic (exact) mass is 373 g/mol. The average molecular weight is 373 g/mol. The third kappa shape index (κ3) is 4.32. The van der Waals surface area contributed by atoms with E-state index in [1.807, 2.05) is 23.1 Å². The zero-order chi connectivity index (χ0) is 18.6. The number of hydrogen-bond donors (Lipinski definition) is 1. The molecule has 0 spiro atoms. The molecule has 1 aromatic rings. The van der Waals surface area contributed by atoms with Crippen molar-refractivity contribution in [2.75, 3.05) is 39.9 Å². The Kier molecular flexibility index (Phi) is 5.72. The van der Waals surface area contributed by atoms with E-state index in [0.29, 0.717) is 6.61 Å². The molecule has 4 rings (SSSR count). The van der Waals surface area contributed by atoms with Crippen molar-refractivity contribution >= 4 is 6.03 Å². The van der Waals surface area contributed by atoms with Crippen LogP contribution in [0, 0.1) is 0 Å². The fourth-order valence-electron chi connectivity index (χ4n) is 4.59. The number of amides is 2. The number of methoxy groups -OCH3 is 1. The third-order valence-corrected chi connectivity index (χ3v) is 6.19. The van der Waals surface area contributed by atoms with Crippen molar-refractivity contribution in [2.45, 2.75) is 50.6 Å². The SMILES string of the molecule is COc1ccc2c(c1)CC(NC(=O)N1CCN(C3CCCCC3)CC1)CO2. The molecule has 27 heavy (non-hydrogen) atoms. The number of benzene rings is 1. The smallest absolute Gasteiger partial charge is 0.317 e. The van der Waals surface area contributed by atoms with Gasteiger partial charge in [0.05, 0.1) is 13.2 Å². The number of urea groups is 1. The highest BCUT2D eigenvalue weighted by Gasteiger charge is 2.29. The highest BCUT2D eigenvalue weighted by atomic mass is 16.5. The number of nitrogens with one attached hydrogen (secondary N) is 1. The van der Waals surface area contributed by atoms with E-state index in [4.69, 9.17) is 9.47 Å². The number of rotatable bonds is 3. The number of nitrogens with zero attached hydrogens (tertiary/aromatic N) is 2. The fraction of sp³-hybridized carbons (Fsp3) is 0.667. The molecule has 1 aromatic carbocycles. The van der Waals surface area contributed by atoms with E-state index in [9.17, 15) is 4.79 Å². The van der Waals surface area contributed by atoms with Crippen LogP contribution in [0.1, 0.15) is 37.7 Å². The lowest BCUT2D eigenvalue weighted by Gasteiger charge is -2.41. The Labute approximate surface area is 161 Å². The van der Waals surface area contributed by atoms with Gasteiger partial charge in [-0.3, -0.25) is 4.90 Å². The summed E-state index contributed by atoms with van der Waals surface area (Å²) in [5.74, 6) is 1.71. The Morgan fingerprint density at radius 2 is 1.93 bits per heavy atom. The van der Waals surface area contributed by atoms with Crippen molar-refractivity contribution in [1.29, 1.82) is 0 Å². The Balaban J connectivity index is 1.27. The van der Waals surface area contributed by atoms with Crippen LogP contribution >= 0.6 is 0 Å². The van der Waals surface area contributed by atoms with Gasteiger partial charge in [0, 0.05) is 32.2 Å². The quantitative estimate of drug-likeness (QED) is 0.885. The highest BCUT2D eigenvalue weighted by molar-refractivity contribution is 5.74. The summed E-state index contributed by atoms with van der Waals surface area (Å²) < 4.78 is 11.1. The molecule has 6 heteroatoms. The highest BCUT2D eigenvalue weighted by Crippen LogP contribution is 2.29. The Morgan fingerprint density at radius 3 is 2.67 bits per heavy atom. The van der Waals surface area contributed by atoms with Crippen LogP contribution in [0.3, 0.4) is 0 Å². The molecule has 2 aliphatic heterocycles. The second kappa shape index (κ2) is 8.38. The van der Waals surface area contributed by atoms with Crippen molar-refractivity contribution < 1.29 is 14.3 Å². The number of carbonyl (C=O) groups is 1. The van der Waals surface area contributed by atoms with Crippen LogP contribution in [-0.4, -0.2) is 67.8 Å². The van der Waals surface area contributed by atoms with E-state index in [1.165, 1.54) is 32.1 Å². The van der Waals surface area contributed by atoms with Crippen LogP contribution in [-0.2, 0) is 6.42 Å². The summed E-state index contributed by atoms with van der Waals surface area (Å²) in [6, 6.07) is 6.63. The first-order valence-electron chi connectivity index (χ1n) is 10.3. The molecule has 3 aliphatic rings. The molecule has 1 N–H and O–H groups in total. The minimum Gasteiger partial charge on any atom is -0.497 e. The van der Waals surface area contributed by atoms with Crippen molar-refractivity contribution in [3.63, 3.8) is 0 Å². The van der Waals surface area contributed by atoms with Gasteiger partial charge in [-0.2, -0.15) is 0 Å². The lowest BCUT2D eigenvalue weighted by Crippen LogP contribution is -2.56. The molecule has 148 valence electrons. The first-order chi connectivity index (χ1) is 13.2. The molecule has 6 nitrogen and oxygen atoms in total. The van der Waals surface area contributed by atoms with E-state index >= 15 is 0 Å². The molecule has 0 aromatic heterocycles. The van der Waals surface area contributed by atoms with Crippen molar-refractivity contribution in [1.82, 2.24) is 15.1 Å². The van der Waals surface area contributed by atoms with Crippen molar-refractivity contribution in [3.05, 3.63) is 23.8 Å². The summed E-state index contributed by atoms with van der Waals surface area (Å²) in [4.78, 5) is 17.3. The normalized spacial score (nSPS) is 24.0. The lowest BCUT2D eigenvalue weighted by molar-refractivity contribution is 0.0885. The van der Waals surface area contributed by atoms with Gasteiger partial charge in [0.1, 0.15) is 18.1 Å². The van der Waals surface area contributed by atoms with Gasteiger partial charge in [-0.05, 0) is 43.0 Å². The second-order valence-corrected chi connectivity index (χ2v) is 7.95. The fourth-order valence-corrected chi connectivity index (χ4v) is 4.59. The van der Waals surface area contributed by atoms with Gasteiger partial charge in [-0.15, -0.1) is 0 Å². The maximum Gasteiger partial charge on any atom is 0.317 e. The first kappa shape index (κ1) is 18.4. The summed E-state index contributed by atoms with van der Waals surface area (Å²) in [5, 5.41) is 3.16. The Morgan fingerprint density at radius 1 is 1.15 bits per heavy atom. The van der Waals surface area contributed by atoms with Crippen LogP contribution in [0.15, 0.2) is 18.2 Å². The van der Waals surface area contributed by atoms with Crippen LogP contribution in [0.2, 0.25) is 0 Å². The van der Waals surface area contributed by atoms with Gasteiger partial charge in [0.15, 0.2) is 0 Å². The van der Waals surface area contributed by atoms with E-state index in [2.05, 4.69) is 10.2 Å². The molecule has 0 radical (unpaired) electrons. The van der Waals surface area contributed by atoms with Gasteiger partial charge in [-0.25, -0.2) is 4.79 Å². The molecule has 1 saturated carbocycles. The number of hydrogen-bond acceptors (Lipinski definition) is 4. The van der Waals surface area contributed by atoms with Gasteiger partial charge in [-0.1, -0.05) is 19.3 Å². The Bertz CT molecular complexity index is 652. The van der Waals surface area contributed by atoms with E-state index < -0.39 is 0 Å². The summed E-state index contributed by atoms with van der Waals surface area (Å²) in [7, 11) is 1.66. The molecule has 1 aliphatic carbocycles. The number of ether oxygens (including phenoxy) is 2. The molecule has 2 fully saturated rings. The number of fused-ring (bicyclic) bond motifs is 1. The van der Waals surface area contributed by atoms with Crippen LogP contribution < -0.4 is 14.8 Å². The standard InChI is InChI=1S/C21H31N3O3/c1-26-19-7-8-20-16(14-19)13-17(15-27-20)22-21(25)24-11-9-23(10-12-24)18-5-3-2-4-6-18/h7-8,14,17-18H,2-6,9-13,15H2,1H3,(H,22,25).